The van der Waals surface area contributed by atoms with Crippen LogP contribution in [0.4, 0.5) is 0 Å². The highest BCUT2D eigenvalue weighted by Gasteiger charge is 2.30. The van der Waals surface area contributed by atoms with Crippen LogP contribution in [0.15, 0.2) is 65.6 Å². The number of ether oxygens (including phenoxy) is 1. The van der Waals surface area contributed by atoms with Gasteiger partial charge >= 0.3 is 0 Å². The van der Waals surface area contributed by atoms with Gasteiger partial charge in [-0.25, -0.2) is 0 Å². The van der Waals surface area contributed by atoms with Crippen LogP contribution in [0.3, 0.4) is 0 Å². The first-order valence-corrected chi connectivity index (χ1v) is 11.8. The van der Waals surface area contributed by atoms with Crippen molar-refractivity contribution >= 4 is 11.6 Å². The fourth-order valence-corrected chi connectivity index (χ4v) is 4.08. The number of aromatic hydroxyl groups is 1. The number of hydrogen-bond acceptors (Lipinski definition) is 5. The zero-order valence-corrected chi connectivity index (χ0v) is 19.8. The maximum absolute atomic E-state index is 13.4. The lowest BCUT2D eigenvalue weighted by atomic mass is 10.1. The van der Waals surface area contributed by atoms with Crippen LogP contribution in [0.25, 0.3) is 16.8 Å². The quantitative estimate of drug-likeness (QED) is 0.404. The van der Waals surface area contributed by atoms with E-state index in [-0.39, 0.29) is 17.5 Å². The van der Waals surface area contributed by atoms with Crippen LogP contribution in [0.5, 0.6) is 11.6 Å². The lowest BCUT2D eigenvalue weighted by molar-refractivity contribution is 0.0944. The summed E-state index contributed by atoms with van der Waals surface area (Å²) >= 11 is 0. The monoisotopic (exact) mass is 472 g/mol. The van der Waals surface area contributed by atoms with E-state index in [2.05, 4.69) is 10.4 Å². The molecule has 1 aliphatic carbocycles. The van der Waals surface area contributed by atoms with Gasteiger partial charge in [0.15, 0.2) is 11.2 Å². The third kappa shape index (κ3) is 4.64. The van der Waals surface area contributed by atoms with E-state index in [1.165, 1.54) is 9.08 Å². The number of fused-ring (bicyclic) bond motifs is 1. The van der Waals surface area contributed by atoms with Crippen molar-refractivity contribution in [2.45, 2.75) is 45.9 Å². The Morgan fingerprint density at radius 2 is 1.86 bits per heavy atom. The van der Waals surface area contributed by atoms with Crippen LogP contribution in [-0.2, 0) is 13.2 Å². The van der Waals surface area contributed by atoms with E-state index in [0.29, 0.717) is 24.4 Å². The molecule has 5 rings (SSSR count). The van der Waals surface area contributed by atoms with Crippen molar-refractivity contribution in [1.82, 2.24) is 19.5 Å². The SMILES string of the molecule is CC(C)Cn1c(=O)c(C(=O)NC2CC2)c(O)n2ncc(-c3ccc(OCc4ccccc4)cc3)c12. The summed E-state index contributed by atoms with van der Waals surface area (Å²) < 4.78 is 8.70. The normalized spacial score (nSPS) is 13.3. The topological polar surface area (TPSA) is 97.9 Å². The Hall–Kier alpha value is -4.07. The molecule has 2 aromatic carbocycles. The van der Waals surface area contributed by atoms with Crippen LogP contribution >= 0.6 is 0 Å². The highest BCUT2D eigenvalue weighted by Crippen LogP contribution is 2.30. The predicted octanol–water partition coefficient (Wildman–Crippen LogP) is 4.00. The maximum Gasteiger partial charge on any atom is 0.270 e. The Labute approximate surface area is 202 Å². The Morgan fingerprint density at radius 1 is 1.14 bits per heavy atom. The summed E-state index contributed by atoms with van der Waals surface area (Å²) in [5, 5.41) is 18.0. The van der Waals surface area contributed by atoms with Crippen molar-refractivity contribution in [3.8, 4) is 22.8 Å². The molecule has 1 aliphatic rings. The van der Waals surface area contributed by atoms with Crippen molar-refractivity contribution in [3.63, 3.8) is 0 Å². The molecule has 180 valence electrons. The van der Waals surface area contributed by atoms with Crippen molar-refractivity contribution in [2.75, 3.05) is 0 Å². The fourth-order valence-electron chi connectivity index (χ4n) is 4.08. The van der Waals surface area contributed by atoms with Gasteiger partial charge in [0, 0.05) is 18.2 Å². The number of carbonyl (C=O) groups excluding carboxylic acids is 1. The number of benzene rings is 2. The first-order chi connectivity index (χ1) is 16.9. The molecule has 0 bridgehead atoms. The van der Waals surface area contributed by atoms with E-state index in [1.807, 2.05) is 68.4 Å². The molecule has 0 unspecified atom stereocenters. The highest BCUT2D eigenvalue weighted by molar-refractivity contribution is 5.97. The number of hydrogen-bond donors (Lipinski definition) is 2. The first kappa shape index (κ1) is 22.7. The molecule has 1 saturated carbocycles. The van der Waals surface area contributed by atoms with Gasteiger partial charge in [-0.05, 0) is 42.0 Å². The maximum atomic E-state index is 13.4. The Morgan fingerprint density at radius 3 is 2.51 bits per heavy atom. The second kappa shape index (κ2) is 9.29. The largest absolute Gasteiger partial charge is 0.492 e. The summed E-state index contributed by atoms with van der Waals surface area (Å²) in [6, 6.07) is 17.5. The molecule has 1 fully saturated rings. The van der Waals surface area contributed by atoms with Gasteiger partial charge in [0.05, 0.1) is 6.20 Å². The van der Waals surface area contributed by atoms with E-state index < -0.39 is 17.3 Å². The van der Waals surface area contributed by atoms with Gasteiger partial charge in [-0.15, -0.1) is 0 Å². The molecule has 4 aromatic rings. The average molecular weight is 473 g/mol. The van der Waals surface area contributed by atoms with Gasteiger partial charge in [-0.3, -0.25) is 14.2 Å². The first-order valence-electron chi connectivity index (χ1n) is 11.8. The highest BCUT2D eigenvalue weighted by atomic mass is 16.5. The number of nitrogens with one attached hydrogen (secondary N) is 1. The van der Waals surface area contributed by atoms with Gasteiger partial charge in [0.1, 0.15) is 12.4 Å². The molecular weight excluding hydrogens is 444 g/mol. The van der Waals surface area contributed by atoms with E-state index in [0.717, 1.165) is 29.7 Å². The second-order valence-corrected chi connectivity index (χ2v) is 9.35. The van der Waals surface area contributed by atoms with E-state index in [4.69, 9.17) is 4.74 Å². The molecule has 8 heteroatoms. The molecule has 2 N–H and O–H groups in total. The Bertz CT molecular complexity index is 1420. The molecule has 0 radical (unpaired) electrons. The Balaban J connectivity index is 1.52. The van der Waals surface area contributed by atoms with Crippen LogP contribution in [0.2, 0.25) is 0 Å². The second-order valence-electron chi connectivity index (χ2n) is 9.35. The minimum atomic E-state index is -0.564. The molecule has 2 aromatic heterocycles. The molecule has 2 heterocycles. The Kier molecular flexibility index (Phi) is 6.03. The van der Waals surface area contributed by atoms with Crippen LogP contribution in [-0.4, -0.2) is 31.2 Å². The molecule has 0 saturated heterocycles. The number of nitrogens with zero attached hydrogens (tertiary/aromatic N) is 3. The summed E-state index contributed by atoms with van der Waals surface area (Å²) in [5.74, 6) is -0.156. The third-order valence-corrected chi connectivity index (χ3v) is 5.98. The lowest BCUT2D eigenvalue weighted by Gasteiger charge is -2.16. The van der Waals surface area contributed by atoms with Crippen LogP contribution in [0, 0.1) is 5.92 Å². The zero-order chi connectivity index (χ0) is 24.5. The summed E-state index contributed by atoms with van der Waals surface area (Å²) in [4.78, 5) is 26.2. The summed E-state index contributed by atoms with van der Waals surface area (Å²) in [6.45, 7) is 4.83. The van der Waals surface area contributed by atoms with Crippen molar-refractivity contribution in [3.05, 3.63) is 82.3 Å². The van der Waals surface area contributed by atoms with Crippen molar-refractivity contribution in [2.24, 2.45) is 5.92 Å². The van der Waals surface area contributed by atoms with Crippen LogP contribution in [0.1, 0.15) is 42.6 Å². The van der Waals surface area contributed by atoms with Gasteiger partial charge in [-0.2, -0.15) is 9.61 Å². The van der Waals surface area contributed by atoms with Crippen LogP contribution < -0.4 is 15.6 Å². The van der Waals surface area contributed by atoms with Gasteiger partial charge in [0.25, 0.3) is 11.5 Å². The molecule has 0 aliphatic heterocycles. The molecule has 1 amide bonds. The smallest absolute Gasteiger partial charge is 0.270 e. The third-order valence-electron chi connectivity index (χ3n) is 5.98. The van der Waals surface area contributed by atoms with Gasteiger partial charge < -0.3 is 15.2 Å². The fraction of sp³-hybridized carbons (Fsp3) is 0.296. The summed E-state index contributed by atoms with van der Waals surface area (Å²) in [5.41, 5.74) is 2.23. The van der Waals surface area contributed by atoms with Gasteiger partial charge in [0.2, 0.25) is 5.88 Å². The number of aromatic nitrogens is 3. The van der Waals surface area contributed by atoms with Gasteiger partial charge in [-0.1, -0.05) is 56.3 Å². The molecular formula is C27H28N4O4. The number of amides is 1. The summed E-state index contributed by atoms with van der Waals surface area (Å²) in [7, 11) is 0. The van der Waals surface area contributed by atoms with E-state index >= 15 is 0 Å². The predicted molar refractivity (Wildman–Crippen MR) is 133 cm³/mol. The minimum absolute atomic E-state index is 0.0614. The number of rotatable bonds is 8. The molecule has 0 spiro atoms. The van der Waals surface area contributed by atoms with Crippen molar-refractivity contribution < 1.29 is 14.6 Å². The minimum Gasteiger partial charge on any atom is -0.492 e. The zero-order valence-electron chi connectivity index (χ0n) is 19.8. The number of carbonyl (C=O) groups is 1. The standard InChI is InChI=1S/C27H28N4O4/c1-17(2)15-30-25-22(19-8-12-21(13-9-19)35-16-18-6-4-3-5-7-18)14-28-31(25)27(34)23(26(30)33)24(32)29-20-10-11-20/h3-9,12-14,17,20,34H,10-11,15-16H2,1-2H3,(H,29,32). The molecule has 35 heavy (non-hydrogen) atoms. The van der Waals surface area contributed by atoms with Crippen molar-refractivity contribution in [1.29, 1.82) is 0 Å². The average Bonchev–Trinajstić information content (AvgIpc) is 3.55. The summed E-state index contributed by atoms with van der Waals surface area (Å²) in [6.07, 6.45) is 3.37. The lowest BCUT2D eigenvalue weighted by Crippen LogP contribution is -2.36. The van der Waals surface area contributed by atoms with E-state index in [9.17, 15) is 14.7 Å². The van der Waals surface area contributed by atoms with E-state index in [1.54, 1.807) is 6.20 Å². The molecule has 0 atom stereocenters. The molecule has 8 nitrogen and oxygen atoms in total.